The molecule has 1 aromatic rings. The zero-order valence-electron chi connectivity index (χ0n) is 7.67. The molecule has 0 unspecified atom stereocenters. The van der Waals surface area contributed by atoms with E-state index in [0.717, 1.165) is 12.1 Å². The third-order valence-electron chi connectivity index (χ3n) is 1.89. The number of allylic oxidation sites excluding steroid dienone is 1. The lowest BCUT2D eigenvalue weighted by Crippen LogP contribution is -1.90. The summed E-state index contributed by atoms with van der Waals surface area (Å²) in [6.45, 7) is 4.16. The van der Waals surface area contributed by atoms with E-state index in [1.165, 1.54) is 11.1 Å². The molecular formula is C11H15N. The summed E-state index contributed by atoms with van der Waals surface area (Å²) in [6.07, 6.45) is 5.19. The molecule has 0 saturated heterocycles. The molecule has 0 atom stereocenters. The van der Waals surface area contributed by atoms with E-state index in [9.17, 15) is 0 Å². The molecule has 0 spiro atoms. The summed E-state index contributed by atoms with van der Waals surface area (Å²) in [7, 11) is 0. The van der Waals surface area contributed by atoms with Gasteiger partial charge in [-0.3, -0.25) is 0 Å². The predicted molar refractivity (Wildman–Crippen MR) is 54.9 cm³/mol. The van der Waals surface area contributed by atoms with Crippen LogP contribution in [0.5, 0.6) is 0 Å². The number of benzene rings is 1. The van der Waals surface area contributed by atoms with Gasteiger partial charge < -0.3 is 5.73 Å². The average molecular weight is 161 g/mol. The molecule has 0 aliphatic carbocycles. The molecule has 1 aromatic carbocycles. The van der Waals surface area contributed by atoms with Gasteiger partial charge in [0.2, 0.25) is 0 Å². The molecule has 0 radical (unpaired) electrons. The Kier molecular flexibility index (Phi) is 2.92. The van der Waals surface area contributed by atoms with E-state index in [0.29, 0.717) is 0 Å². The minimum Gasteiger partial charge on any atom is -0.399 e. The average Bonchev–Trinajstić information content (AvgIpc) is 2.08. The van der Waals surface area contributed by atoms with Crippen LogP contribution in [0.25, 0.3) is 6.08 Å². The lowest BCUT2D eigenvalue weighted by Gasteiger charge is -2.03. The van der Waals surface area contributed by atoms with Gasteiger partial charge in [-0.2, -0.15) is 0 Å². The van der Waals surface area contributed by atoms with Gasteiger partial charge in [0, 0.05) is 5.69 Å². The lowest BCUT2D eigenvalue weighted by atomic mass is 10.0. The number of hydrogen-bond acceptors (Lipinski definition) is 1. The topological polar surface area (TPSA) is 26.0 Å². The molecule has 0 bridgehead atoms. The summed E-state index contributed by atoms with van der Waals surface area (Å²) in [5.74, 6) is 0. The van der Waals surface area contributed by atoms with Crippen LogP contribution >= 0.6 is 0 Å². The maximum absolute atomic E-state index is 5.68. The first-order valence-electron chi connectivity index (χ1n) is 4.29. The van der Waals surface area contributed by atoms with Gasteiger partial charge in [0.25, 0.3) is 0 Å². The van der Waals surface area contributed by atoms with Crippen molar-refractivity contribution in [2.45, 2.75) is 20.3 Å². The number of rotatable bonds is 2. The van der Waals surface area contributed by atoms with Gasteiger partial charge in [0.15, 0.2) is 0 Å². The van der Waals surface area contributed by atoms with Crippen LogP contribution in [0.1, 0.15) is 25.0 Å². The largest absolute Gasteiger partial charge is 0.399 e. The van der Waals surface area contributed by atoms with Gasteiger partial charge in [0.1, 0.15) is 0 Å². The number of nitrogen functional groups attached to an aromatic ring is 1. The molecule has 1 heteroatoms. The minimum atomic E-state index is 0.847. The van der Waals surface area contributed by atoms with Crippen LogP contribution in [-0.4, -0.2) is 0 Å². The molecule has 0 aliphatic heterocycles. The van der Waals surface area contributed by atoms with Crippen molar-refractivity contribution in [1.29, 1.82) is 0 Å². The Morgan fingerprint density at radius 3 is 2.75 bits per heavy atom. The van der Waals surface area contributed by atoms with E-state index in [2.05, 4.69) is 19.1 Å². The summed E-state index contributed by atoms with van der Waals surface area (Å²) < 4.78 is 0. The highest BCUT2D eigenvalue weighted by molar-refractivity contribution is 5.58. The second-order valence-corrected chi connectivity index (χ2v) is 2.81. The summed E-state index contributed by atoms with van der Waals surface area (Å²) in [5.41, 5.74) is 9.11. The summed E-state index contributed by atoms with van der Waals surface area (Å²) >= 11 is 0. The van der Waals surface area contributed by atoms with E-state index in [1.807, 2.05) is 25.1 Å². The first-order chi connectivity index (χ1) is 5.77. The number of anilines is 1. The SMILES string of the molecule is C/C=C/c1ccc(N)cc1CC. The molecule has 1 nitrogen and oxygen atoms in total. The highest BCUT2D eigenvalue weighted by atomic mass is 14.5. The van der Waals surface area contributed by atoms with Crippen molar-refractivity contribution >= 4 is 11.8 Å². The van der Waals surface area contributed by atoms with Crippen molar-refractivity contribution < 1.29 is 0 Å². The molecule has 1 rings (SSSR count). The van der Waals surface area contributed by atoms with E-state index in [-0.39, 0.29) is 0 Å². The smallest absolute Gasteiger partial charge is 0.0317 e. The van der Waals surface area contributed by atoms with E-state index >= 15 is 0 Å². The highest BCUT2D eigenvalue weighted by Crippen LogP contribution is 2.15. The monoisotopic (exact) mass is 161 g/mol. The van der Waals surface area contributed by atoms with Crippen LogP contribution in [0.4, 0.5) is 5.69 Å². The van der Waals surface area contributed by atoms with Crippen molar-refractivity contribution in [3.05, 3.63) is 35.4 Å². The molecule has 12 heavy (non-hydrogen) atoms. The minimum absolute atomic E-state index is 0.847. The molecule has 2 N–H and O–H groups in total. The van der Waals surface area contributed by atoms with Crippen LogP contribution in [0, 0.1) is 0 Å². The van der Waals surface area contributed by atoms with Gasteiger partial charge in [-0.25, -0.2) is 0 Å². The van der Waals surface area contributed by atoms with Gasteiger partial charge in [-0.1, -0.05) is 25.1 Å². The molecule has 0 fully saturated rings. The van der Waals surface area contributed by atoms with E-state index in [4.69, 9.17) is 5.73 Å². The van der Waals surface area contributed by atoms with Crippen LogP contribution in [0.2, 0.25) is 0 Å². The van der Waals surface area contributed by atoms with Crippen LogP contribution < -0.4 is 5.73 Å². The zero-order chi connectivity index (χ0) is 8.97. The van der Waals surface area contributed by atoms with Crippen molar-refractivity contribution in [1.82, 2.24) is 0 Å². The lowest BCUT2D eigenvalue weighted by molar-refractivity contribution is 1.13. The van der Waals surface area contributed by atoms with Gasteiger partial charge in [0.05, 0.1) is 0 Å². The highest BCUT2D eigenvalue weighted by Gasteiger charge is 1.96. The Morgan fingerprint density at radius 1 is 1.42 bits per heavy atom. The molecule has 64 valence electrons. The quantitative estimate of drug-likeness (QED) is 0.663. The van der Waals surface area contributed by atoms with Gasteiger partial charge in [-0.15, -0.1) is 0 Å². The fourth-order valence-electron chi connectivity index (χ4n) is 1.27. The Hall–Kier alpha value is -1.24. The first kappa shape index (κ1) is 8.85. The second-order valence-electron chi connectivity index (χ2n) is 2.81. The van der Waals surface area contributed by atoms with Crippen molar-refractivity contribution in [2.75, 3.05) is 5.73 Å². The third-order valence-corrected chi connectivity index (χ3v) is 1.89. The van der Waals surface area contributed by atoms with Crippen molar-refractivity contribution in [2.24, 2.45) is 0 Å². The number of nitrogens with two attached hydrogens (primary N) is 1. The number of aryl methyl sites for hydroxylation is 1. The van der Waals surface area contributed by atoms with Crippen LogP contribution in [-0.2, 0) is 6.42 Å². The molecule has 0 saturated carbocycles. The Labute approximate surface area is 73.9 Å². The normalized spacial score (nSPS) is 10.8. The Morgan fingerprint density at radius 2 is 2.17 bits per heavy atom. The standard InChI is InChI=1S/C11H15N/c1-3-5-10-6-7-11(12)8-9(10)4-2/h3,5-8H,4,12H2,1-2H3/b5-3+. The predicted octanol–water partition coefficient (Wildman–Crippen LogP) is 2.86. The summed E-state index contributed by atoms with van der Waals surface area (Å²) in [6, 6.07) is 6.04. The molecule has 0 aromatic heterocycles. The second kappa shape index (κ2) is 3.96. The Bertz CT molecular complexity index is 287. The van der Waals surface area contributed by atoms with Crippen molar-refractivity contribution in [3.8, 4) is 0 Å². The first-order valence-corrected chi connectivity index (χ1v) is 4.29. The van der Waals surface area contributed by atoms with Crippen LogP contribution in [0.3, 0.4) is 0 Å². The number of hydrogen-bond donors (Lipinski definition) is 1. The molecule has 0 aliphatic rings. The zero-order valence-corrected chi connectivity index (χ0v) is 7.67. The van der Waals surface area contributed by atoms with E-state index in [1.54, 1.807) is 0 Å². The molecular weight excluding hydrogens is 146 g/mol. The maximum atomic E-state index is 5.68. The Balaban J connectivity index is 3.10. The molecule has 0 amide bonds. The van der Waals surface area contributed by atoms with Gasteiger partial charge >= 0.3 is 0 Å². The molecule has 0 heterocycles. The summed E-state index contributed by atoms with van der Waals surface area (Å²) in [5, 5.41) is 0. The fourth-order valence-corrected chi connectivity index (χ4v) is 1.27. The third kappa shape index (κ3) is 1.88. The maximum Gasteiger partial charge on any atom is 0.0317 e. The van der Waals surface area contributed by atoms with Crippen LogP contribution in [0.15, 0.2) is 24.3 Å². The van der Waals surface area contributed by atoms with Gasteiger partial charge in [-0.05, 0) is 36.6 Å². The van der Waals surface area contributed by atoms with Crippen molar-refractivity contribution in [3.63, 3.8) is 0 Å². The fraction of sp³-hybridized carbons (Fsp3) is 0.273. The summed E-state index contributed by atoms with van der Waals surface area (Å²) in [4.78, 5) is 0. The van der Waals surface area contributed by atoms with E-state index < -0.39 is 0 Å².